The van der Waals surface area contributed by atoms with Crippen molar-refractivity contribution >= 4 is 20.5 Å². The third-order valence-corrected chi connectivity index (χ3v) is 4.59. The number of hydrogen-bond donors (Lipinski definition) is 0. The van der Waals surface area contributed by atoms with Crippen LogP contribution in [0.5, 0.6) is 0 Å². The van der Waals surface area contributed by atoms with Gasteiger partial charge in [-0.3, -0.25) is 0 Å². The molecule has 0 heterocycles. The molecule has 21 heavy (non-hydrogen) atoms. The fraction of sp³-hybridized carbons (Fsp3) is 0.263. The zero-order valence-corrected chi connectivity index (χ0v) is 13.8. The molecule has 0 amide bonds. The molecule has 0 aromatic heterocycles. The lowest BCUT2D eigenvalue weighted by molar-refractivity contribution is 0.206. The van der Waals surface area contributed by atoms with Gasteiger partial charge in [0.25, 0.3) is 9.76 Å². The molecular weight excluding hydrogens is 272 g/mol. The Balaban J connectivity index is 2.09. The van der Waals surface area contributed by atoms with Crippen molar-refractivity contribution in [3.8, 4) is 0 Å². The molecule has 108 valence electrons. The van der Waals surface area contributed by atoms with Gasteiger partial charge in [0, 0.05) is 6.10 Å². The van der Waals surface area contributed by atoms with E-state index in [1.165, 1.54) is 16.3 Å². The lowest BCUT2D eigenvalue weighted by atomic mass is 10.00. The highest BCUT2D eigenvalue weighted by Gasteiger charge is 2.07. The van der Waals surface area contributed by atoms with Gasteiger partial charge in [0.2, 0.25) is 0 Å². The molecule has 0 aliphatic heterocycles. The SMILES string of the molecule is C=C(c1ccccc1)c1cccc([Si]OC(CC)CC)c1. The first-order chi connectivity index (χ1) is 10.2. The normalized spacial score (nSPS) is 10.8. The van der Waals surface area contributed by atoms with Gasteiger partial charge in [-0.2, -0.15) is 0 Å². The zero-order valence-electron chi connectivity index (χ0n) is 12.8. The number of benzene rings is 2. The summed E-state index contributed by atoms with van der Waals surface area (Å²) in [4.78, 5) is 0. The lowest BCUT2D eigenvalue weighted by Crippen LogP contribution is -2.23. The van der Waals surface area contributed by atoms with Crippen LogP contribution in [0.15, 0.2) is 61.2 Å². The van der Waals surface area contributed by atoms with Crippen molar-refractivity contribution < 1.29 is 4.43 Å². The van der Waals surface area contributed by atoms with Gasteiger partial charge in [-0.1, -0.05) is 75.0 Å². The average molecular weight is 294 g/mol. The minimum absolute atomic E-state index is 0.365. The van der Waals surface area contributed by atoms with E-state index in [1.54, 1.807) is 0 Å². The van der Waals surface area contributed by atoms with Crippen molar-refractivity contribution in [3.05, 3.63) is 72.3 Å². The zero-order chi connectivity index (χ0) is 15.1. The highest BCUT2D eigenvalue weighted by Crippen LogP contribution is 2.20. The molecule has 0 bridgehead atoms. The molecule has 0 spiro atoms. The van der Waals surface area contributed by atoms with Crippen LogP contribution in [0.25, 0.3) is 5.57 Å². The Labute approximate surface area is 130 Å². The van der Waals surface area contributed by atoms with E-state index < -0.39 is 0 Å². The Morgan fingerprint density at radius 3 is 2.33 bits per heavy atom. The predicted octanol–water partition coefficient (Wildman–Crippen LogP) is 4.20. The predicted molar refractivity (Wildman–Crippen MR) is 91.9 cm³/mol. The smallest absolute Gasteiger partial charge is 0.269 e. The molecule has 1 nitrogen and oxygen atoms in total. The van der Waals surface area contributed by atoms with E-state index in [1.807, 2.05) is 18.2 Å². The molecule has 0 atom stereocenters. The van der Waals surface area contributed by atoms with E-state index in [4.69, 9.17) is 4.43 Å². The van der Waals surface area contributed by atoms with Gasteiger partial charge in [-0.25, -0.2) is 0 Å². The second kappa shape index (κ2) is 7.96. The molecule has 0 aliphatic rings. The van der Waals surface area contributed by atoms with Crippen molar-refractivity contribution in [3.63, 3.8) is 0 Å². The quantitative estimate of drug-likeness (QED) is 0.696. The first-order valence-electron chi connectivity index (χ1n) is 7.51. The molecule has 0 aliphatic carbocycles. The summed E-state index contributed by atoms with van der Waals surface area (Å²) in [6.07, 6.45) is 2.50. The molecule has 2 aromatic rings. The fourth-order valence-corrected chi connectivity index (χ4v) is 3.20. The largest absolute Gasteiger partial charge is 0.409 e. The second-order valence-electron chi connectivity index (χ2n) is 5.08. The summed E-state index contributed by atoms with van der Waals surface area (Å²) < 4.78 is 5.97. The second-order valence-corrected chi connectivity index (χ2v) is 6.10. The molecule has 2 aromatic carbocycles. The minimum Gasteiger partial charge on any atom is -0.409 e. The Morgan fingerprint density at radius 2 is 1.67 bits per heavy atom. The summed E-state index contributed by atoms with van der Waals surface area (Å²) in [7, 11) is 0.404. The fourth-order valence-electron chi connectivity index (χ4n) is 2.18. The van der Waals surface area contributed by atoms with Gasteiger partial charge in [0.05, 0.1) is 0 Å². The van der Waals surface area contributed by atoms with Crippen LogP contribution in [0.2, 0.25) is 0 Å². The van der Waals surface area contributed by atoms with Crippen LogP contribution in [-0.2, 0) is 4.43 Å². The number of hydrogen-bond acceptors (Lipinski definition) is 1. The van der Waals surface area contributed by atoms with Crippen LogP contribution < -0.4 is 5.19 Å². The Bertz CT molecular complexity index is 573. The van der Waals surface area contributed by atoms with Gasteiger partial charge >= 0.3 is 0 Å². The topological polar surface area (TPSA) is 9.23 Å². The van der Waals surface area contributed by atoms with E-state index >= 15 is 0 Å². The van der Waals surface area contributed by atoms with Crippen LogP contribution in [0.1, 0.15) is 37.8 Å². The van der Waals surface area contributed by atoms with Crippen molar-refractivity contribution in [1.29, 1.82) is 0 Å². The van der Waals surface area contributed by atoms with Gasteiger partial charge in [-0.05, 0) is 34.7 Å². The van der Waals surface area contributed by atoms with E-state index in [0.717, 1.165) is 18.4 Å². The Morgan fingerprint density at radius 1 is 1.00 bits per heavy atom. The van der Waals surface area contributed by atoms with Crippen LogP contribution >= 0.6 is 0 Å². The van der Waals surface area contributed by atoms with Gasteiger partial charge in [0.15, 0.2) is 0 Å². The van der Waals surface area contributed by atoms with Crippen LogP contribution in [-0.4, -0.2) is 15.9 Å². The maximum Gasteiger partial charge on any atom is 0.269 e. The minimum atomic E-state index is 0.365. The summed E-state index contributed by atoms with van der Waals surface area (Å²) in [5.41, 5.74) is 3.39. The van der Waals surface area contributed by atoms with Crippen LogP contribution in [0.3, 0.4) is 0 Å². The van der Waals surface area contributed by atoms with Gasteiger partial charge in [0.1, 0.15) is 0 Å². The summed E-state index contributed by atoms with van der Waals surface area (Å²) in [6.45, 7) is 8.57. The summed E-state index contributed by atoms with van der Waals surface area (Å²) in [5.74, 6) is 0. The average Bonchev–Trinajstić information content (AvgIpc) is 2.56. The van der Waals surface area contributed by atoms with E-state index in [9.17, 15) is 0 Å². The van der Waals surface area contributed by atoms with Gasteiger partial charge in [-0.15, -0.1) is 0 Å². The third-order valence-electron chi connectivity index (χ3n) is 3.59. The maximum absolute atomic E-state index is 5.97. The summed E-state index contributed by atoms with van der Waals surface area (Å²) >= 11 is 0. The summed E-state index contributed by atoms with van der Waals surface area (Å²) in [6, 6.07) is 18.8. The maximum atomic E-state index is 5.97. The molecule has 0 saturated heterocycles. The van der Waals surface area contributed by atoms with E-state index in [-0.39, 0.29) is 0 Å². The molecule has 2 radical (unpaired) electrons. The highest BCUT2D eigenvalue weighted by atomic mass is 28.2. The molecule has 2 rings (SSSR count). The van der Waals surface area contributed by atoms with Crippen molar-refractivity contribution in [2.45, 2.75) is 32.8 Å². The van der Waals surface area contributed by atoms with E-state index in [2.05, 4.69) is 56.8 Å². The molecule has 0 saturated carbocycles. The summed E-state index contributed by atoms with van der Waals surface area (Å²) in [5, 5.41) is 1.23. The van der Waals surface area contributed by atoms with Crippen molar-refractivity contribution in [2.75, 3.05) is 0 Å². The van der Waals surface area contributed by atoms with Crippen LogP contribution in [0.4, 0.5) is 0 Å². The Hall–Kier alpha value is -1.64. The standard InChI is InChI=1S/C19H22OSi/c1-4-18(5-2)20-21-19-13-9-12-17(14-19)15(3)16-10-7-6-8-11-16/h6-14,18H,3-5H2,1-2H3. The first kappa shape index (κ1) is 15.7. The van der Waals surface area contributed by atoms with Crippen molar-refractivity contribution in [2.24, 2.45) is 0 Å². The van der Waals surface area contributed by atoms with Gasteiger partial charge < -0.3 is 4.43 Å². The molecule has 2 heteroatoms. The molecular formula is C19H22OSi. The Kier molecular flexibility index (Phi) is 5.97. The molecule has 0 N–H and O–H groups in total. The van der Waals surface area contributed by atoms with Crippen LogP contribution in [0, 0.1) is 0 Å². The first-order valence-corrected chi connectivity index (χ1v) is 8.41. The molecule has 0 fully saturated rings. The lowest BCUT2D eigenvalue weighted by Gasteiger charge is -2.14. The molecule has 0 unspecified atom stereocenters. The third kappa shape index (κ3) is 4.41. The monoisotopic (exact) mass is 294 g/mol. The highest BCUT2D eigenvalue weighted by molar-refractivity contribution is 6.47. The van der Waals surface area contributed by atoms with E-state index in [0.29, 0.717) is 15.9 Å². The van der Waals surface area contributed by atoms with Crippen molar-refractivity contribution in [1.82, 2.24) is 0 Å². The number of rotatable bonds is 7.